The van der Waals surface area contributed by atoms with Gasteiger partial charge < -0.3 is 10.1 Å². The molecule has 0 aliphatic carbocycles. The summed E-state index contributed by atoms with van der Waals surface area (Å²) in [7, 11) is 0. The Hall–Kier alpha value is -3.28. The third-order valence-corrected chi connectivity index (χ3v) is 5.21. The molecule has 2 aromatic carbocycles. The van der Waals surface area contributed by atoms with Gasteiger partial charge in [-0.05, 0) is 56.0 Å². The zero-order valence-corrected chi connectivity index (χ0v) is 17.5. The molecule has 0 aliphatic rings. The Kier molecular flexibility index (Phi) is 6.45. The summed E-state index contributed by atoms with van der Waals surface area (Å²) in [5.41, 5.74) is 2.86. The quantitative estimate of drug-likeness (QED) is 0.556. The summed E-state index contributed by atoms with van der Waals surface area (Å²) in [6.45, 7) is 7.35. The Morgan fingerprint density at radius 2 is 1.87 bits per heavy atom. The Bertz CT molecular complexity index is 1100. The van der Waals surface area contributed by atoms with Gasteiger partial charge in [-0.1, -0.05) is 32.0 Å². The van der Waals surface area contributed by atoms with E-state index < -0.39 is 23.8 Å². The van der Waals surface area contributed by atoms with Crippen LogP contribution in [0, 0.1) is 12.7 Å². The molecule has 2 unspecified atom stereocenters. The van der Waals surface area contributed by atoms with Crippen molar-refractivity contribution in [2.75, 3.05) is 5.32 Å². The van der Waals surface area contributed by atoms with Crippen LogP contribution in [-0.4, -0.2) is 23.0 Å². The number of nitrogens with one attached hydrogen (secondary N) is 1. The molecule has 1 N–H and O–H groups in total. The lowest BCUT2D eigenvalue weighted by Gasteiger charge is -2.18. The van der Waals surface area contributed by atoms with Crippen LogP contribution in [0.1, 0.15) is 54.7 Å². The predicted molar refractivity (Wildman–Crippen MR) is 115 cm³/mol. The van der Waals surface area contributed by atoms with Crippen molar-refractivity contribution < 1.29 is 18.7 Å². The molecule has 2 atom stereocenters. The summed E-state index contributed by atoms with van der Waals surface area (Å²) in [4.78, 5) is 29.6. The number of hydrogen-bond acceptors (Lipinski definition) is 4. The van der Waals surface area contributed by atoms with E-state index in [1.54, 1.807) is 19.1 Å². The maximum atomic E-state index is 13.4. The molecule has 30 heavy (non-hydrogen) atoms. The summed E-state index contributed by atoms with van der Waals surface area (Å²) >= 11 is 0. The van der Waals surface area contributed by atoms with E-state index in [1.807, 2.05) is 24.3 Å². The van der Waals surface area contributed by atoms with Crippen LogP contribution in [0.25, 0.3) is 10.9 Å². The smallest absolute Gasteiger partial charge is 0.340 e. The molecule has 0 radical (unpaired) electrons. The van der Waals surface area contributed by atoms with Gasteiger partial charge in [0.2, 0.25) is 0 Å². The van der Waals surface area contributed by atoms with Gasteiger partial charge in [0.15, 0.2) is 6.10 Å². The number of pyridine rings is 1. The lowest BCUT2D eigenvalue weighted by Crippen LogP contribution is -2.30. The van der Waals surface area contributed by atoms with Crippen molar-refractivity contribution in [2.24, 2.45) is 0 Å². The first-order valence-corrected chi connectivity index (χ1v) is 9.97. The monoisotopic (exact) mass is 408 g/mol. The number of benzene rings is 2. The highest BCUT2D eigenvalue weighted by Crippen LogP contribution is 2.27. The molecule has 6 heteroatoms. The Morgan fingerprint density at radius 3 is 2.60 bits per heavy atom. The first kappa shape index (κ1) is 21.4. The van der Waals surface area contributed by atoms with Gasteiger partial charge in [0.25, 0.3) is 5.91 Å². The normalized spacial score (nSPS) is 13.0. The van der Waals surface area contributed by atoms with Crippen LogP contribution in [0.3, 0.4) is 0 Å². The van der Waals surface area contributed by atoms with Crippen LogP contribution < -0.4 is 5.32 Å². The summed E-state index contributed by atoms with van der Waals surface area (Å²) < 4.78 is 18.8. The summed E-state index contributed by atoms with van der Waals surface area (Å²) in [6, 6.07) is 13.4. The standard InChI is InChI=1S/C24H25FN2O3/c1-5-14(2)19-8-6-7-9-21(19)27-23(28)16(4)30-24(29)20-12-17-10-11-18(25)13-22(17)26-15(20)3/h6-14,16H,5H2,1-4H3,(H,27,28). The van der Waals surface area contributed by atoms with E-state index in [0.717, 1.165) is 12.0 Å². The number of para-hydroxylation sites is 1. The Balaban J connectivity index is 1.74. The molecule has 3 rings (SSSR count). The van der Waals surface area contributed by atoms with E-state index >= 15 is 0 Å². The van der Waals surface area contributed by atoms with Crippen LogP contribution in [0.2, 0.25) is 0 Å². The van der Waals surface area contributed by atoms with Gasteiger partial charge in [0.05, 0.1) is 16.8 Å². The van der Waals surface area contributed by atoms with Crippen LogP contribution in [-0.2, 0) is 9.53 Å². The SMILES string of the molecule is CCC(C)c1ccccc1NC(=O)C(C)OC(=O)c1cc2ccc(F)cc2nc1C. The number of carbonyl (C=O) groups is 2. The lowest BCUT2D eigenvalue weighted by atomic mass is 9.97. The summed E-state index contributed by atoms with van der Waals surface area (Å²) in [6.07, 6.45) is -0.0546. The number of fused-ring (bicyclic) bond motifs is 1. The number of ether oxygens (including phenoxy) is 1. The van der Waals surface area contributed by atoms with Crippen molar-refractivity contribution in [1.82, 2.24) is 4.98 Å². The fourth-order valence-corrected chi connectivity index (χ4v) is 3.22. The minimum atomic E-state index is -0.995. The Morgan fingerprint density at radius 1 is 1.13 bits per heavy atom. The van der Waals surface area contributed by atoms with E-state index in [9.17, 15) is 14.0 Å². The van der Waals surface area contributed by atoms with Crippen molar-refractivity contribution in [3.05, 3.63) is 71.2 Å². The summed E-state index contributed by atoms with van der Waals surface area (Å²) in [5, 5.41) is 3.48. The number of esters is 1. The zero-order chi connectivity index (χ0) is 21.8. The van der Waals surface area contributed by atoms with Crippen molar-refractivity contribution >= 4 is 28.5 Å². The maximum absolute atomic E-state index is 13.4. The molecule has 1 aromatic heterocycles. The van der Waals surface area contributed by atoms with Crippen molar-refractivity contribution in [2.45, 2.75) is 46.1 Å². The van der Waals surface area contributed by atoms with Crippen molar-refractivity contribution in [1.29, 1.82) is 0 Å². The van der Waals surface area contributed by atoms with Crippen LogP contribution in [0.4, 0.5) is 10.1 Å². The Labute approximate surface area is 175 Å². The topological polar surface area (TPSA) is 68.3 Å². The van der Waals surface area contributed by atoms with E-state index in [-0.39, 0.29) is 11.5 Å². The van der Waals surface area contributed by atoms with Crippen LogP contribution >= 0.6 is 0 Å². The molecule has 0 fully saturated rings. The second-order valence-corrected chi connectivity index (χ2v) is 7.39. The highest BCUT2D eigenvalue weighted by Gasteiger charge is 2.22. The molecule has 0 saturated heterocycles. The van der Waals surface area contributed by atoms with Gasteiger partial charge in [-0.2, -0.15) is 0 Å². The van der Waals surface area contributed by atoms with E-state index in [1.165, 1.54) is 19.1 Å². The second-order valence-electron chi connectivity index (χ2n) is 7.39. The molecular formula is C24H25FN2O3. The highest BCUT2D eigenvalue weighted by molar-refractivity contribution is 5.99. The molecule has 156 valence electrons. The van der Waals surface area contributed by atoms with Gasteiger partial charge in [-0.3, -0.25) is 9.78 Å². The number of carbonyl (C=O) groups excluding carboxylic acids is 2. The fourth-order valence-electron chi connectivity index (χ4n) is 3.22. The minimum Gasteiger partial charge on any atom is -0.449 e. The van der Waals surface area contributed by atoms with Gasteiger partial charge in [-0.25, -0.2) is 9.18 Å². The number of nitrogens with zero attached hydrogens (tertiary/aromatic N) is 1. The third kappa shape index (κ3) is 4.64. The molecule has 0 saturated carbocycles. The largest absolute Gasteiger partial charge is 0.449 e. The van der Waals surface area contributed by atoms with Crippen molar-refractivity contribution in [3.63, 3.8) is 0 Å². The zero-order valence-electron chi connectivity index (χ0n) is 17.5. The number of rotatable bonds is 6. The van der Waals surface area contributed by atoms with Gasteiger partial charge in [0, 0.05) is 17.1 Å². The molecule has 0 spiro atoms. The average molecular weight is 408 g/mol. The van der Waals surface area contributed by atoms with Crippen LogP contribution in [0.15, 0.2) is 48.5 Å². The number of halogens is 1. The third-order valence-electron chi connectivity index (χ3n) is 5.21. The summed E-state index contributed by atoms with van der Waals surface area (Å²) in [5.74, 6) is -1.17. The number of aromatic nitrogens is 1. The van der Waals surface area contributed by atoms with Gasteiger partial charge in [-0.15, -0.1) is 0 Å². The molecule has 0 bridgehead atoms. The van der Waals surface area contributed by atoms with Crippen molar-refractivity contribution in [3.8, 4) is 0 Å². The van der Waals surface area contributed by atoms with E-state index in [0.29, 0.717) is 22.3 Å². The van der Waals surface area contributed by atoms with Crippen LogP contribution in [0.5, 0.6) is 0 Å². The molecule has 3 aromatic rings. The van der Waals surface area contributed by atoms with Gasteiger partial charge in [0.1, 0.15) is 5.82 Å². The molecule has 1 amide bonds. The lowest BCUT2D eigenvalue weighted by molar-refractivity contribution is -0.123. The average Bonchev–Trinajstić information content (AvgIpc) is 2.72. The minimum absolute atomic E-state index is 0.244. The number of anilines is 1. The van der Waals surface area contributed by atoms with E-state index in [4.69, 9.17) is 4.74 Å². The second kappa shape index (κ2) is 9.03. The highest BCUT2D eigenvalue weighted by atomic mass is 19.1. The maximum Gasteiger partial charge on any atom is 0.340 e. The van der Waals surface area contributed by atoms with E-state index in [2.05, 4.69) is 24.1 Å². The number of aryl methyl sites for hydroxylation is 1. The number of hydrogen-bond donors (Lipinski definition) is 1. The number of amides is 1. The molecular weight excluding hydrogens is 383 g/mol. The molecule has 1 heterocycles. The predicted octanol–water partition coefficient (Wildman–Crippen LogP) is 5.38. The first-order valence-electron chi connectivity index (χ1n) is 9.97. The fraction of sp³-hybridized carbons (Fsp3) is 0.292. The molecule has 0 aliphatic heterocycles. The molecule has 5 nitrogen and oxygen atoms in total. The first-order chi connectivity index (χ1) is 14.3. The van der Waals surface area contributed by atoms with Gasteiger partial charge >= 0.3 is 5.97 Å².